The first-order valence-corrected chi connectivity index (χ1v) is 8.20. The highest BCUT2D eigenvalue weighted by Crippen LogP contribution is 2.26. The maximum absolute atomic E-state index is 12.0. The lowest BCUT2D eigenvalue weighted by Crippen LogP contribution is -2.37. The van der Waals surface area contributed by atoms with Gasteiger partial charge in [-0.1, -0.05) is 31.2 Å². The van der Waals surface area contributed by atoms with Gasteiger partial charge in [-0.3, -0.25) is 4.79 Å². The van der Waals surface area contributed by atoms with Gasteiger partial charge >= 0.3 is 5.97 Å². The molecule has 2 aromatic rings. The summed E-state index contributed by atoms with van der Waals surface area (Å²) < 4.78 is 11.1. The van der Waals surface area contributed by atoms with E-state index in [2.05, 4.69) is 16.8 Å². The Morgan fingerprint density at radius 2 is 2.13 bits per heavy atom. The lowest BCUT2D eigenvalue weighted by molar-refractivity contribution is -0.147. The fourth-order valence-electron chi connectivity index (χ4n) is 2.78. The molecule has 1 aromatic carbocycles. The van der Waals surface area contributed by atoms with Crippen LogP contribution in [0, 0.1) is 5.92 Å². The topological polar surface area (TPSA) is 55.6 Å². The number of para-hydroxylation sites is 2. The van der Waals surface area contributed by atoms with Gasteiger partial charge in [-0.15, -0.1) is 0 Å². The van der Waals surface area contributed by atoms with Crippen LogP contribution in [0.1, 0.15) is 26.2 Å². The maximum atomic E-state index is 12.0. The van der Waals surface area contributed by atoms with E-state index in [1.54, 1.807) is 0 Å². The third kappa shape index (κ3) is 3.73. The van der Waals surface area contributed by atoms with Gasteiger partial charge in [0.05, 0.1) is 5.92 Å². The fraction of sp³-hybridized carbons (Fsp3) is 0.444. The summed E-state index contributed by atoms with van der Waals surface area (Å²) in [5.41, 5.74) is 1.67. The first-order chi connectivity index (χ1) is 11.3. The van der Waals surface area contributed by atoms with E-state index in [-0.39, 0.29) is 11.9 Å². The molecule has 1 saturated heterocycles. The van der Waals surface area contributed by atoms with Crippen LogP contribution in [0.4, 0.5) is 6.01 Å². The summed E-state index contributed by atoms with van der Waals surface area (Å²) in [4.78, 5) is 18.6. The number of rotatable bonds is 5. The minimum Gasteiger partial charge on any atom is -0.461 e. The SMILES string of the molecule is CCC=CCOC(=O)C1CCN(c2nc3ccccc3o2)CC1. The molecule has 0 atom stereocenters. The molecule has 1 aliphatic heterocycles. The number of oxazole rings is 1. The quantitative estimate of drug-likeness (QED) is 0.624. The average Bonchev–Trinajstić information content (AvgIpc) is 3.03. The summed E-state index contributed by atoms with van der Waals surface area (Å²) in [5.74, 6) is -0.117. The van der Waals surface area contributed by atoms with Crippen molar-refractivity contribution in [1.82, 2.24) is 4.98 Å². The number of anilines is 1. The number of hydrogen-bond acceptors (Lipinski definition) is 5. The zero-order chi connectivity index (χ0) is 16.1. The first kappa shape index (κ1) is 15.6. The van der Waals surface area contributed by atoms with Crippen LogP contribution in [-0.4, -0.2) is 30.6 Å². The second-order valence-electron chi connectivity index (χ2n) is 5.74. The number of hydrogen-bond donors (Lipinski definition) is 0. The predicted octanol–water partition coefficient (Wildman–Crippen LogP) is 3.55. The standard InChI is InChI=1S/C18H22N2O3/c1-2-3-6-13-22-17(21)14-9-11-20(12-10-14)18-19-15-7-4-5-8-16(15)23-18/h3-8,14H,2,9-13H2,1H3. The normalized spacial score (nSPS) is 16.3. The number of nitrogens with zero attached hydrogens (tertiary/aromatic N) is 2. The number of fused-ring (bicyclic) bond motifs is 1. The Balaban J connectivity index is 1.53. The molecule has 5 heteroatoms. The van der Waals surface area contributed by atoms with Gasteiger partial charge in [-0.25, -0.2) is 0 Å². The highest BCUT2D eigenvalue weighted by atomic mass is 16.5. The lowest BCUT2D eigenvalue weighted by atomic mass is 9.97. The first-order valence-electron chi connectivity index (χ1n) is 8.20. The van der Waals surface area contributed by atoms with Crippen LogP contribution >= 0.6 is 0 Å². The minimum atomic E-state index is -0.0945. The third-order valence-electron chi connectivity index (χ3n) is 4.11. The van der Waals surface area contributed by atoms with E-state index in [0.29, 0.717) is 12.6 Å². The molecule has 1 aromatic heterocycles. The monoisotopic (exact) mass is 314 g/mol. The zero-order valence-corrected chi connectivity index (χ0v) is 13.4. The van der Waals surface area contributed by atoms with Gasteiger partial charge in [0.15, 0.2) is 5.58 Å². The van der Waals surface area contributed by atoms with Crippen LogP contribution in [0.3, 0.4) is 0 Å². The lowest BCUT2D eigenvalue weighted by Gasteiger charge is -2.29. The largest absolute Gasteiger partial charge is 0.461 e. The summed E-state index contributed by atoms with van der Waals surface area (Å²) in [7, 11) is 0. The van der Waals surface area contributed by atoms with Crippen molar-refractivity contribution < 1.29 is 13.9 Å². The molecule has 0 N–H and O–H groups in total. The van der Waals surface area contributed by atoms with E-state index in [0.717, 1.165) is 43.5 Å². The molecule has 0 unspecified atom stereocenters. The van der Waals surface area contributed by atoms with Crippen molar-refractivity contribution in [2.75, 3.05) is 24.6 Å². The second kappa shape index (κ2) is 7.31. The van der Waals surface area contributed by atoms with Crippen molar-refractivity contribution in [3.8, 4) is 0 Å². The molecule has 5 nitrogen and oxygen atoms in total. The molecule has 122 valence electrons. The van der Waals surface area contributed by atoms with Gasteiger partial charge in [-0.05, 0) is 31.4 Å². The Morgan fingerprint density at radius 1 is 1.35 bits per heavy atom. The van der Waals surface area contributed by atoms with Crippen LogP contribution < -0.4 is 4.90 Å². The van der Waals surface area contributed by atoms with Crippen molar-refractivity contribution >= 4 is 23.1 Å². The highest BCUT2D eigenvalue weighted by molar-refractivity contribution is 5.75. The summed E-state index contributed by atoms with van der Waals surface area (Å²) in [6.07, 6.45) is 6.40. The summed E-state index contributed by atoms with van der Waals surface area (Å²) >= 11 is 0. The van der Waals surface area contributed by atoms with Gasteiger partial charge in [0.25, 0.3) is 6.01 Å². The molecular weight excluding hydrogens is 292 g/mol. The molecule has 3 rings (SSSR count). The molecule has 0 saturated carbocycles. The highest BCUT2D eigenvalue weighted by Gasteiger charge is 2.28. The average molecular weight is 314 g/mol. The Morgan fingerprint density at radius 3 is 2.87 bits per heavy atom. The number of piperidine rings is 1. The molecular formula is C18H22N2O3. The van der Waals surface area contributed by atoms with Crippen LogP contribution in [0.5, 0.6) is 0 Å². The smallest absolute Gasteiger partial charge is 0.309 e. The zero-order valence-electron chi connectivity index (χ0n) is 13.4. The predicted molar refractivity (Wildman–Crippen MR) is 89.3 cm³/mol. The fourth-order valence-corrected chi connectivity index (χ4v) is 2.78. The summed E-state index contributed by atoms with van der Waals surface area (Å²) in [5, 5.41) is 0. The van der Waals surface area contributed by atoms with Crippen molar-refractivity contribution in [1.29, 1.82) is 0 Å². The number of benzene rings is 1. The van der Waals surface area contributed by atoms with Gasteiger partial charge < -0.3 is 14.1 Å². The molecule has 0 bridgehead atoms. The molecule has 0 amide bonds. The van der Waals surface area contributed by atoms with Crippen molar-refractivity contribution in [2.45, 2.75) is 26.2 Å². The molecule has 0 spiro atoms. The van der Waals surface area contributed by atoms with E-state index < -0.39 is 0 Å². The number of allylic oxidation sites excluding steroid dienone is 1. The van der Waals surface area contributed by atoms with Gasteiger partial charge in [-0.2, -0.15) is 4.98 Å². The van der Waals surface area contributed by atoms with E-state index >= 15 is 0 Å². The van der Waals surface area contributed by atoms with E-state index in [1.807, 2.05) is 36.4 Å². The molecule has 2 heterocycles. The molecule has 0 radical (unpaired) electrons. The Labute approximate surface area is 135 Å². The van der Waals surface area contributed by atoms with E-state index in [4.69, 9.17) is 9.15 Å². The van der Waals surface area contributed by atoms with Gasteiger partial charge in [0, 0.05) is 13.1 Å². The molecule has 1 aliphatic rings. The van der Waals surface area contributed by atoms with Crippen LogP contribution in [0.15, 0.2) is 40.8 Å². The number of ether oxygens (including phenoxy) is 1. The maximum Gasteiger partial charge on any atom is 0.309 e. The van der Waals surface area contributed by atoms with E-state index in [1.165, 1.54) is 0 Å². The van der Waals surface area contributed by atoms with Gasteiger partial charge in [0.2, 0.25) is 0 Å². The Bertz CT molecular complexity index is 651. The van der Waals surface area contributed by atoms with Crippen LogP contribution in [0.2, 0.25) is 0 Å². The minimum absolute atomic E-state index is 0.0225. The van der Waals surface area contributed by atoms with Crippen LogP contribution in [-0.2, 0) is 9.53 Å². The van der Waals surface area contributed by atoms with E-state index in [9.17, 15) is 4.79 Å². The number of carbonyl (C=O) groups is 1. The second-order valence-corrected chi connectivity index (χ2v) is 5.74. The Kier molecular flexibility index (Phi) is 4.95. The Hall–Kier alpha value is -2.30. The van der Waals surface area contributed by atoms with Crippen molar-refractivity contribution in [2.24, 2.45) is 5.92 Å². The summed E-state index contributed by atoms with van der Waals surface area (Å²) in [6.45, 7) is 3.95. The molecule has 0 aliphatic carbocycles. The van der Waals surface area contributed by atoms with Gasteiger partial charge in [0.1, 0.15) is 12.1 Å². The number of carbonyl (C=O) groups excluding carboxylic acids is 1. The van der Waals surface area contributed by atoms with Crippen LogP contribution in [0.25, 0.3) is 11.1 Å². The number of aromatic nitrogens is 1. The molecule has 23 heavy (non-hydrogen) atoms. The van der Waals surface area contributed by atoms with Crippen molar-refractivity contribution in [3.05, 3.63) is 36.4 Å². The number of esters is 1. The summed E-state index contributed by atoms with van der Waals surface area (Å²) in [6, 6.07) is 8.38. The third-order valence-corrected chi connectivity index (χ3v) is 4.11. The van der Waals surface area contributed by atoms with Crippen molar-refractivity contribution in [3.63, 3.8) is 0 Å². The molecule has 1 fully saturated rings.